The van der Waals surface area contributed by atoms with Gasteiger partial charge in [0.2, 0.25) is 0 Å². The molecule has 1 N–H and O–H groups in total. The highest BCUT2D eigenvalue weighted by Crippen LogP contribution is 2.32. The Kier molecular flexibility index (Phi) is 3.77. The van der Waals surface area contributed by atoms with Gasteiger partial charge in [0, 0.05) is 35.4 Å². The molecular formula is C17H19BrN6. The lowest BCUT2D eigenvalue weighted by Crippen LogP contribution is -2.61. The number of nitrogens with one attached hydrogen (secondary N) is 1. The van der Waals surface area contributed by atoms with E-state index in [4.69, 9.17) is 0 Å². The fourth-order valence-corrected chi connectivity index (χ4v) is 3.24. The number of hydrogen-bond donors (Lipinski definition) is 1. The summed E-state index contributed by atoms with van der Waals surface area (Å²) in [6.45, 7) is 5.91. The fraction of sp³-hybridized carbons (Fsp3) is 0.353. The lowest BCUT2D eigenvalue weighted by Gasteiger charge is -2.42. The molecule has 1 fully saturated rings. The van der Waals surface area contributed by atoms with E-state index in [9.17, 15) is 0 Å². The van der Waals surface area contributed by atoms with Crippen LogP contribution in [0.1, 0.15) is 25.5 Å². The number of aromatic nitrogens is 5. The van der Waals surface area contributed by atoms with Crippen LogP contribution in [0.2, 0.25) is 0 Å². The maximum absolute atomic E-state index is 4.42. The molecule has 0 spiro atoms. The Balaban J connectivity index is 1.68. The normalized spacial score (nSPS) is 16.3. The predicted octanol–water partition coefficient (Wildman–Crippen LogP) is 2.83. The summed E-state index contributed by atoms with van der Waals surface area (Å²) in [6, 6.07) is 8.75. The summed E-state index contributed by atoms with van der Waals surface area (Å²) in [6.07, 6.45) is 5.88. The largest absolute Gasteiger partial charge is 0.311 e. The second kappa shape index (κ2) is 5.82. The first kappa shape index (κ1) is 15.5. The average Bonchev–Trinajstić information content (AvgIpc) is 3.17. The molecule has 1 aromatic carbocycles. The Hall–Kier alpha value is -1.99. The molecule has 0 atom stereocenters. The monoisotopic (exact) mass is 386 g/mol. The highest BCUT2D eigenvalue weighted by molar-refractivity contribution is 9.10. The molecule has 0 aliphatic carbocycles. The lowest BCUT2D eigenvalue weighted by atomic mass is 9.84. The summed E-state index contributed by atoms with van der Waals surface area (Å²) in [4.78, 5) is 0. The van der Waals surface area contributed by atoms with Crippen LogP contribution in [0, 0.1) is 0 Å². The van der Waals surface area contributed by atoms with Gasteiger partial charge in [-0.15, -0.1) is 5.10 Å². The van der Waals surface area contributed by atoms with Gasteiger partial charge in [-0.25, -0.2) is 4.68 Å². The lowest BCUT2D eigenvalue weighted by molar-refractivity contribution is 0.203. The standard InChI is InChI=1S/C17H19BrN6/c1-12(2)23-8-13(7-20-23)16-9-24(22-21-16)17(10-19-11-17)14-3-5-15(18)6-4-14/h3-9,12,19H,10-11H2,1-2H3. The highest BCUT2D eigenvalue weighted by Gasteiger charge is 2.41. The van der Waals surface area contributed by atoms with Crippen LogP contribution in [0.25, 0.3) is 11.3 Å². The molecule has 6 nitrogen and oxygen atoms in total. The van der Waals surface area contributed by atoms with E-state index in [1.165, 1.54) is 5.56 Å². The Bertz CT molecular complexity index is 844. The minimum Gasteiger partial charge on any atom is -0.311 e. The van der Waals surface area contributed by atoms with Crippen LogP contribution in [-0.4, -0.2) is 37.9 Å². The van der Waals surface area contributed by atoms with E-state index in [-0.39, 0.29) is 5.54 Å². The van der Waals surface area contributed by atoms with Gasteiger partial charge in [0.15, 0.2) is 0 Å². The van der Waals surface area contributed by atoms with E-state index in [0.29, 0.717) is 6.04 Å². The number of hydrogen-bond acceptors (Lipinski definition) is 4. The molecule has 1 aliphatic rings. The summed E-state index contributed by atoms with van der Waals surface area (Å²) in [5, 5.41) is 16.5. The molecule has 0 saturated carbocycles. The van der Waals surface area contributed by atoms with Gasteiger partial charge in [0.1, 0.15) is 11.2 Å². The van der Waals surface area contributed by atoms with Crippen molar-refractivity contribution in [2.45, 2.75) is 25.4 Å². The second-order valence-electron chi connectivity index (χ2n) is 6.49. The van der Waals surface area contributed by atoms with Crippen LogP contribution < -0.4 is 5.32 Å². The SMILES string of the molecule is CC(C)n1cc(-c2cn(C3(c4ccc(Br)cc4)CNC3)nn2)cn1. The number of halogens is 1. The molecule has 7 heteroatoms. The van der Waals surface area contributed by atoms with Crippen molar-refractivity contribution in [3.8, 4) is 11.3 Å². The highest BCUT2D eigenvalue weighted by atomic mass is 79.9. The van der Waals surface area contributed by atoms with E-state index in [1.54, 1.807) is 0 Å². The molecule has 124 valence electrons. The van der Waals surface area contributed by atoms with Gasteiger partial charge in [-0.3, -0.25) is 4.68 Å². The van der Waals surface area contributed by atoms with E-state index < -0.39 is 0 Å². The van der Waals surface area contributed by atoms with Crippen LogP contribution in [0.4, 0.5) is 0 Å². The molecule has 1 aliphatic heterocycles. The zero-order valence-corrected chi connectivity index (χ0v) is 15.2. The maximum atomic E-state index is 4.42. The smallest absolute Gasteiger partial charge is 0.116 e. The molecule has 3 heterocycles. The van der Waals surface area contributed by atoms with Gasteiger partial charge in [0.05, 0.1) is 12.4 Å². The molecule has 3 aromatic rings. The molecular weight excluding hydrogens is 368 g/mol. The average molecular weight is 387 g/mol. The molecule has 0 radical (unpaired) electrons. The fourth-order valence-electron chi connectivity index (χ4n) is 2.98. The van der Waals surface area contributed by atoms with Crippen molar-refractivity contribution in [3.05, 3.63) is 52.9 Å². The second-order valence-corrected chi connectivity index (χ2v) is 7.41. The molecule has 2 aromatic heterocycles. The third-order valence-electron chi connectivity index (χ3n) is 4.57. The molecule has 24 heavy (non-hydrogen) atoms. The maximum Gasteiger partial charge on any atom is 0.116 e. The first-order valence-corrected chi connectivity index (χ1v) is 8.82. The summed E-state index contributed by atoms with van der Waals surface area (Å²) in [5.74, 6) is 0. The minimum atomic E-state index is -0.167. The Morgan fingerprint density at radius 2 is 1.92 bits per heavy atom. The topological polar surface area (TPSA) is 60.6 Å². The summed E-state index contributed by atoms with van der Waals surface area (Å²) in [7, 11) is 0. The van der Waals surface area contributed by atoms with Gasteiger partial charge in [-0.2, -0.15) is 5.10 Å². The zero-order chi connectivity index (χ0) is 16.7. The molecule has 0 unspecified atom stereocenters. The van der Waals surface area contributed by atoms with E-state index >= 15 is 0 Å². The van der Waals surface area contributed by atoms with Crippen molar-refractivity contribution in [3.63, 3.8) is 0 Å². The molecule has 1 saturated heterocycles. The number of benzene rings is 1. The summed E-state index contributed by atoms with van der Waals surface area (Å²) in [5.41, 5.74) is 2.91. The van der Waals surface area contributed by atoms with Crippen molar-refractivity contribution < 1.29 is 0 Å². The van der Waals surface area contributed by atoms with Crippen LogP contribution in [0.15, 0.2) is 47.3 Å². The van der Waals surface area contributed by atoms with Gasteiger partial charge in [0.25, 0.3) is 0 Å². The van der Waals surface area contributed by atoms with Crippen molar-refractivity contribution >= 4 is 15.9 Å². The molecule has 4 rings (SSSR count). The zero-order valence-electron chi connectivity index (χ0n) is 13.6. The number of rotatable bonds is 4. The first-order valence-electron chi connectivity index (χ1n) is 8.03. The van der Waals surface area contributed by atoms with Crippen LogP contribution >= 0.6 is 15.9 Å². The minimum absolute atomic E-state index is 0.167. The van der Waals surface area contributed by atoms with Gasteiger partial charge in [-0.1, -0.05) is 33.3 Å². The predicted molar refractivity (Wildman–Crippen MR) is 95.7 cm³/mol. The quantitative estimate of drug-likeness (QED) is 0.748. The van der Waals surface area contributed by atoms with Gasteiger partial charge < -0.3 is 5.32 Å². The van der Waals surface area contributed by atoms with Crippen LogP contribution in [0.5, 0.6) is 0 Å². The van der Waals surface area contributed by atoms with Crippen molar-refractivity contribution in [1.82, 2.24) is 30.1 Å². The van der Waals surface area contributed by atoms with E-state index in [2.05, 4.69) is 74.8 Å². The Morgan fingerprint density at radius 1 is 1.17 bits per heavy atom. The van der Waals surface area contributed by atoms with Gasteiger partial charge >= 0.3 is 0 Å². The molecule has 0 amide bonds. The molecule has 0 bridgehead atoms. The van der Waals surface area contributed by atoms with Crippen molar-refractivity contribution in [2.75, 3.05) is 13.1 Å². The van der Waals surface area contributed by atoms with E-state index in [0.717, 1.165) is 28.8 Å². The summed E-state index contributed by atoms with van der Waals surface area (Å²) >= 11 is 3.50. The van der Waals surface area contributed by atoms with Crippen molar-refractivity contribution in [1.29, 1.82) is 0 Å². The Morgan fingerprint density at radius 3 is 2.50 bits per heavy atom. The van der Waals surface area contributed by atoms with Crippen LogP contribution in [-0.2, 0) is 5.54 Å². The summed E-state index contributed by atoms with van der Waals surface area (Å²) < 4.78 is 4.99. The van der Waals surface area contributed by atoms with E-state index in [1.807, 2.05) is 28.0 Å². The van der Waals surface area contributed by atoms with Crippen molar-refractivity contribution in [2.24, 2.45) is 0 Å². The van der Waals surface area contributed by atoms with Crippen LogP contribution in [0.3, 0.4) is 0 Å². The number of nitrogens with zero attached hydrogens (tertiary/aromatic N) is 5. The Labute approximate surface area is 149 Å². The van der Waals surface area contributed by atoms with Gasteiger partial charge in [-0.05, 0) is 31.5 Å². The third kappa shape index (κ3) is 2.48. The third-order valence-corrected chi connectivity index (χ3v) is 5.10. The first-order chi connectivity index (χ1) is 11.6.